The van der Waals surface area contributed by atoms with E-state index >= 15 is 0 Å². The predicted octanol–water partition coefficient (Wildman–Crippen LogP) is 3.44. The van der Waals surface area contributed by atoms with Gasteiger partial charge in [0.15, 0.2) is 0 Å². The summed E-state index contributed by atoms with van der Waals surface area (Å²) >= 11 is 0. The normalized spacial score (nSPS) is 10.5. The number of anilines is 1. The van der Waals surface area contributed by atoms with Gasteiger partial charge in [0.2, 0.25) is 0 Å². The molecule has 6 heteroatoms. The molecule has 2 rings (SSSR count). The summed E-state index contributed by atoms with van der Waals surface area (Å²) < 4.78 is 5.35. The number of hydrogen-bond donors (Lipinski definition) is 1. The zero-order valence-corrected chi connectivity index (χ0v) is 11.5. The van der Waals surface area contributed by atoms with Crippen LogP contribution in [-0.2, 0) is 0 Å². The average molecular weight is 285 g/mol. The lowest BCUT2D eigenvalue weighted by atomic mass is 10.2. The van der Waals surface area contributed by atoms with E-state index in [9.17, 15) is 10.1 Å². The number of benzene rings is 2. The summed E-state index contributed by atoms with van der Waals surface area (Å²) in [5, 5.41) is 14.6. The topological polar surface area (TPSA) is 76.8 Å². The third kappa shape index (κ3) is 4.31. The molecule has 0 spiro atoms. The van der Waals surface area contributed by atoms with Gasteiger partial charge in [0, 0.05) is 12.1 Å². The summed E-state index contributed by atoms with van der Waals surface area (Å²) in [4.78, 5) is 10.1. The van der Waals surface area contributed by atoms with Crippen molar-refractivity contribution in [3.05, 3.63) is 64.2 Å². The molecule has 0 unspecified atom stereocenters. The molecule has 0 saturated heterocycles. The molecule has 0 heterocycles. The molecule has 6 nitrogen and oxygen atoms in total. The van der Waals surface area contributed by atoms with Gasteiger partial charge < -0.3 is 4.74 Å². The van der Waals surface area contributed by atoms with Crippen molar-refractivity contribution in [2.75, 3.05) is 12.0 Å². The van der Waals surface area contributed by atoms with Crippen molar-refractivity contribution in [3.8, 4) is 5.75 Å². The summed E-state index contributed by atoms with van der Waals surface area (Å²) in [5.41, 5.74) is 4.47. The van der Waals surface area contributed by atoms with Crippen LogP contribution in [0.15, 0.2) is 53.6 Å². The van der Waals surface area contributed by atoms with Crippen LogP contribution >= 0.6 is 0 Å². The molecule has 21 heavy (non-hydrogen) atoms. The Balaban J connectivity index is 1.93. The lowest BCUT2D eigenvalue weighted by Gasteiger charge is -2.02. The van der Waals surface area contributed by atoms with E-state index < -0.39 is 4.92 Å². The maximum Gasteiger partial charge on any atom is 0.269 e. The monoisotopic (exact) mass is 285 g/mol. The number of hydrogen-bond acceptors (Lipinski definition) is 5. The number of rotatable bonds is 6. The van der Waals surface area contributed by atoms with E-state index in [-0.39, 0.29) is 5.69 Å². The summed E-state index contributed by atoms with van der Waals surface area (Å²) in [5.74, 6) is 0.818. The lowest BCUT2D eigenvalue weighted by molar-refractivity contribution is -0.384. The second kappa shape index (κ2) is 7.04. The first-order valence-corrected chi connectivity index (χ1v) is 6.45. The second-order valence-corrected chi connectivity index (χ2v) is 4.18. The fraction of sp³-hybridized carbons (Fsp3) is 0.133. The van der Waals surface area contributed by atoms with Gasteiger partial charge in [-0.15, -0.1) is 0 Å². The van der Waals surface area contributed by atoms with Crippen molar-refractivity contribution >= 4 is 17.6 Å². The zero-order valence-electron chi connectivity index (χ0n) is 11.5. The maximum absolute atomic E-state index is 10.5. The average Bonchev–Trinajstić information content (AvgIpc) is 2.50. The van der Waals surface area contributed by atoms with Crippen LogP contribution in [0.1, 0.15) is 12.5 Å². The van der Waals surface area contributed by atoms with Crippen molar-refractivity contribution in [1.29, 1.82) is 0 Å². The molecule has 2 aromatic carbocycles. The van der Waals surface area contributed by atoms with Crippen molar-refractivity contribution in [1.82, 2.24) is 0 Å². The molecule has 0 fully saturated rings. The van der Waals surface area contributed by atoms with Gasteiger partial charge in [0.25, 0.3) is 5.69 Å². The van der Waals surface area contributed by atoms with Crippen LogP contribution in [0, 0.1) is 10.1 Å². The molecule has 0 aromatic heterocycles. The van der Waals surface area contributed by atoms with Crippen LogP contribution in [0.2, 0.25) is 0 Å². The van der Waals surface area contributed by atoms with Gasteiger partial charge in [-0.3, -0.25) is 15.5 Å². The van der Waals surface area contributed by atoms with Gasteiger partial charge >= 0.3 is 0 Å². The fourth-order valence-corrected chi connectivity index (χ4v) is 1.66. The van der Waals surface area contributed by atoms with Gasteiger partial charge in [-0.25, -0.2) is 0 Å². The number of hydrazone groups is 1. The first kappa shape index (κ1) is 14.5. The Hall–Kier alpha value is -2.89. The SMILES string of the molecule is CCOc1ccc(/C=N/Nc2ccc([N+](=O)[O-])cc2)cc1. The molecular weight excluding hydrogens is 270 g/mol. The van der Waals surface area contributed by atoms with Crippen LogP contribution in [0.4, 0.5) is 11.4 Å². The number of non-ortho nitro benzene ring substituents is 1. The molecule has 0 aliphatic rings. The lowest BCUT2D eigenvalue weighted by Crippen LogP contribution is -1.93. The van der Waals surface area contributed by atoms with Gasteiger partial charge in [0.05, 0.1) is 23.4 Å². The first-order chi connectivity index (χ1) is 10.2. The molecular formula is C15H15N3O3. The summed E-state index contributed by atoms with van der Waals surface area (Å²) in [6, 6.07) is 13.6. The Morgan fingerprint density at radius 3 is 2.43 bits per heavy atom. The van der Waals surface area contributed by atoms with E-state index in [1.807, 2.05) is 31.2 Å². The number of nitro groups is 1. The van der Waals surface area contributed by atoms with Crippen molar-refractivity contribution < 1.29 is 9.66 Å². The molecule has 0 aliphatic heterocycles. The molecule has 1 N–H and O–H groups in total. The van der Waals surface area contributed by atoms with Crippen molar-refractivity contribution in [2.24, 2.45) is 5.10 Å². The Kier molecular flexibility index (Phi) is 4.87. The Labute approximate surface area is 122 Å². The van der Waals surface area contributed by atoms with Crippen LogP contribution in [0.3, 0.4) is 0 Å². The van der Waals surface area contributed by atoms with Gasteiger partial charge in [-0.2, -0.15) is 5.10 Å². The summed E-state index contributed by atoms with van der Waals surface area (Å²) in [6.07, 6.45) is 1.66. The highest BCUT2D eigenvalue weighted by atomic mass is 16.6. The second-order valence-electron chi connectivity index (χ2n) is 4.18. The van der Waals surface area contributed by atoms with E-state index in [1.54, 1.807) is 18.3 Å². The van der Waals surface area contributed by atoms with E-state index in [2.05, 4.69) is 10.5 Å². The highest BCUT2D eigenvalue weighted by Gasteiger charge is 2.02. The number of ether oxygens (including phenoxy) is 1. The van der Waals surface area contributed by atoms with E-state index in [1.165, 1.54) is 12.1 Å². The highest BCUT2D eigenvalue weighted by Crippen LogP contribution is 2.15. The minimum atomic E-state index is -0.438. The summed E-state index contributed by atoms with van der Waals surface area (Å²) in [7, 11) is 0. The molecule has 108 valence electrons. The Morgan fingerprint density at radius 2 is 1.86 bits per heavy atom. The van der Waals surface area contributed by atoms with Gasteiger partial charge in [0.1, 0.15) is 5.75 Å². The first-order valence-electron chi connectivity index (χ1n) is 6.45. The molecule has 0 radical (unpaired) electrons. The smallest absolute Gasteiger partial charge is 0.269 e. The minimum Gasteiger partial charge on any atom is -0.494 e. The largest absolute Gasteiger partial charge is 0.494 e. The van der Waals surface area contributed by atoms with E-state index in [0.29, 0.717) is 12.3 Å². The third-order valence-corrected chi connectivity index (χ3v) is 2.68. The standard InChI is InChI=1S/C15H15N3O3/c1-2-21-15-9-3-12(4-10-15)11-16-17-13-5-7-14(8-6-13)18(19)20/h3-11,17H,2H2,1H3/b16-11+. The number of nitrogens with zero attached hydrogens (tertiary/aromatic N) is 2. The fourth-order valence-electron chi connectivity index (χ4n) is 1.66. The third-order valence-electron chi connectivity index (χ3n) is 2.68. The molecule has 0 atom stereocenters. The van der Waals surface area contributed by atoms with Crippen LogP contribution in [-0.4, -0.2) is 17.7 Å². The van der Waals surface area contributed by atoms with Gasteiger partial charge in [-0.1, -0.05) is 0 Å². The molecule has 2 aromatic rings. The van der Waals surface area contributed by atoms with Gasteiger partial charge in [-0.05, 0) is 48.9 Å². The highest BCUT2D eigenvalue weighted by molar-refractivity contribution is 5.80. The zero-order chi connectivity index (χ0) is 15.1. The molecule has 0 bridgehead atoms. The quantitative estimate of drug-likeness (QED) is 0.501. The minimum absolute atomic E-state index is 0.0519. The Morgan fingerprint density at radius 1 is 1.19 bits per heavy atom. The van der Waals surface area contributed by atoms with Crippen molar-refractivity contribution in [2.45, 2.75) is 6.92 Å². The van der Waals surface area contributed by atoms with Crippen LogP contribution < -0.4 is 10.2 Å². The van der Waals surface area contributed by atoms with Crippen LogP contribution in [0.5, 0.6) is 5.75 Å². The number of nitro benzene ring substituents is 1. The number of nitrogens with one attached hydrogen (secondary N) is 1. The molecule has 0 aliphatic carbocycles. The predicted molar refractivity (Wildman–Crippen MR) is 81.9 cm³/mol. The van der Waals surface area contributed by atoms with Crippen LogP contribution in [0.25, 0.3) is 0 Å². The summed E-state index contributed by atoms with van der Waals surface area (Å²) in [6.45, 7) is 2.57. The van der Waals surface area contributed by atoms with E-state index in [4.69, 9.17) is 4.74 Å². The maximum atomic E-state index is 10.5. The molecule has 0 saturated carbocycles. The molecule has 0 amide bonds. The van der Waals surface area contributed by atoms with Crippen molar-refractivity contribution in [3.63, 3.8) is 0 Å². The van der Waals surface area contributed by atoms with E-state index in [0.717, 1.165) is 11.3 Å². The Bertz CT molecular complexity index is 622.